The topological polar surface area (TPSA) is 82.0 Å². The van der Waals surface area contributed by atoms with Crippen molar-refractivity contribution in [3.05, 3.63) is 5.69 Å². The zero-order chi connectivity index (χ0) is 15.0. The Morgan fingerprint density at radius 3 is 2.65 bits per heavy atom. The summed E-state index contributed by atoms with van der Waals surface area (Å²) in [6.45, 7) is 9.05. The minimum Gasteiger partial charge on any atom is -0.369 e. The molecule has 0 spiro atoms. The number of carbonyl (C=O) groups excluding carboxylic acids is 1. The predicted molar refractivity (Wildman–Crippen MR) is 78.4 cm³/mol. The maximum atomic E-state index is 12.4. The molecule has 1 unspecified atom stereocenters. The Kier molecular flexibility index (Phi) is 3.69. The van der Waals surface area contributed by atoms with E-state index in [4.69, 9.17) is 5.73 Å². The molecule has 2 aromatic rings. The minimum atomic E-state index is -0.397. The fourth-order valence-corrected chi connectivity index (χ4v) is 2.39. The molecule has 0 radical (unpaired) electrons. The summed E-state index contributed by atoms with van der Waals surface area (Å²) in [6.07, 6.45) is 0. The first kappa shape index (κ1) is 14.4. The number of aryl methyl sites for hydroxylation is 2. The maximum Gasteiger partial charge on any atom is 0.245 e. The van der Waals surface area contributed by atoms with Gasteiger partial charge >= 0.3 is 0 Å². The molecule has 2 N–H and O–H groups in total. The fraction of sp³-hybridized carbons (Fsp3) is 0.615. The number of nitrogen functional groups attached to an aromatic ring is 1. The quantitative estimate of drug-likeness (QED) is 0.910. The number of carbonyl (C=O) groups is 1. The van der Waals surface area contributed by atoms with Gasteiger partial charge < -0.3 is 10.6 Å². The summed E-state index contributed by atoms with van der Waals surface area (Å²) in [7, 11) is 1.78. The van der Waals surface area contributed by atoms with E-state index in [9.17, 15) is 4.79 Å². The summed E-state index contributed by atoms with van der Waals surface area (Å²) in [5.41, 5.74) is 8.42. The number of hydrogen-bond acceptors (Lipinski definition) is 4. The second-order valence-electron chi connectivity index (χ2n) is 4.94. The maximum absolute atomic E-state index is 12.4. The highest BCUT2D eigenvalue weighted by Crippen LogP contribution is 2.25. The molecule has 2 rings (SSSR count). The third-order valence-corrected chi connectivity index (χ3v) is 3.67. The van der Waals surface area contributed by atoms with Gasteiger partial charge in [-0.05, 0) is 27.7 Å². The van der Waals surface area contributed by atoms with Crippen LogP contribution in [0.4, 0.5) is 5.95 Å². The standard InChI is InChI=1S/C13H22N6O/c1-6-17(5)12(20)9(4)19-11-10(15-13(19)14)8(3)16-18(11)7-2/h9H,6-7H2,1-5H3,(H2,14,15). The van der Waals surface area contributed by atoms with E-state index in [2.05, 4.69) is 10.1 Å². The van der Waals surface area contributed by atoms with Crippen LogP contribution in [-0.4, -0.2) is 43.7 Å². The number of nitrogens with two attached hydrogens (primary N) is 1. The smallest absolute Gasteiger partial charge is 0.245 e. The Morgan fingerprint density at radius 1 is 1.45 bits per heavy atom. The molecule has 1 atom stereocenters. The van der Waals surface area contributed by atoms with Gasteiger partial charge in [-0.1, -0.05) is 0 Å². The molecule has 2 heterocycles. The molecule has 0 aromatic carbocycles. The number of likely N-dealkylation sites (N-methyl/N-ethyl adjacent to an activating group) is 1. The lowest BCUT2D eigenvalue weighted by molar-refractivity contribution is -0.132. The molecule has 1 amide bonds. The number of amides is 1. The first-order valence-electron chi connectivity index (χ1n) is 6.88. The highest BCUT2D eigenvalue weighted by atomic mass is 16.2. The highest BCUT2D eigenvalue weighted by molar-refractivity contribution is 5.85. The van der Waals surface area contributed by atoms with Gasteiger partial charge in [0, 0.05) is 20.1 Å². The summed E-state index contributed by atoms with van der Waals surface area (Å²) in [4.78, 5) is 18.4. The lowest BCUT2D eigenvalue weighted by atomic mass is 10.3. The van der Waals surface area contributed by atoms with E-state index in [1.54, 1.807) is 16.5 Å². The molecule has 7 nitrogen and oxygen atoms in total. The van der Waals surface area contributed by atoms with Crippen molar-refractivity contribution < 1.29 is 4.79 Å². The number of fused-ring (bicyclic) bond motifs is 1. The van der Waals surface area contributed by atoms with Gasteiger partial charge in [-0.3, -0.25) is 9.36 Å². The zero-order valence-corrected chi connectivity index (χ0v) is 12.7. The van der Waals surface area contributed by atoms with Crippen LogP contribution in [0.2, 0.25) is 0 Å². The van der Waals surface area contributed by atoms with Crippen molar-refractivity contribution in [2.24, 2.45) is 0 Å². The molecule has 0 saturated heterocycles. The van der Waals surface area contributed by atoms with Gasteiger partial charge in [0.05, 0.1) is 5.69 Å². The van der Waals surface area contributed by atoms with E-state index in [1.807, 2.05) is 32.4 Å². The Hall–Kier alpha value is -2.05. The van der Waals surface area contributed by atoms with Crippen LogP contribution in [0.5, 0.6) is 0 Å². The Balaban J connectivity index is 2.58. The second-order valence-corrected chi connectivity index (χ2v) is 4.94. The van der Waals surface area contributed by atoms with E-state index >= 15 is 0 Å². The van der Waals surface area contributed by atoms with Crippen LogP contribution in [0.1, 0.15) is 32.5 Å². The summed E-state index contributed by atoms with van der Waals surface area (Å²) in [6, 6.07) is -0.397. The number of imidazole rings is 1. The minimum absolute atomic E-state index is 0.0139. The van der Waals surface area contributed by atoms with Crippen LogP contribution in [0.25, 0.3) is 11.2 Å². The molecule has 0 aliphatic carbocycles. The Bertz CT molecular complexity index is 641. The van der Waals surface area contributed by atoms with Gasteiger partial charge in [0.1, 0.15) is 11.6 Å². The van der Waals surface area contributed by atoms with Crippen molar-refractivity contribution in [1.82, 2.24) is 24.2 Å². The molecule has 0 aliphatic heterocycles. The normalized spacial score (nSPS) is 12.8. The molecule has 0 fully saturated rings. The van der Waals surface area contributed by atoms with E-state index in [1.165, 1.54) is 0 Å². The van der Waals surface area contributed by atoms with Gasteiger partial charge in [0.2, 0.25) is 11.9 Å². The van der Waals surface area contributed by atoms with Crippen molar-refractivity contribution in [3.63, 3.8) is 0 Å². The number of nitrogens with zero attached hydrogens (tertiary/aromatic N) is 5. The first-order valence-corrected chi connectivity index (χ1v) is 6.88. The van der Waals surface area contributed by atoms with E-state index < -0.39 is 6.04 Å². The molecule has 0 bridgehead atoms. The Labute approximate surface area is 118 Å². The summed E-state index contributed by atoms with van der Waals surface area (Å²) in [5.74, 6) is 0.369. The lowest BCUT2D eigenvalue weighted by Crippen LogP contribution is -2.33. The molecule has 2 aromatic heterocycles. The van der Waals surface area contributed by atoms with Crippen LogP contribution in [0.3, 0.4) is 0 Å². The third kappa shape index (κ3) is 2.03. The highest BCUT2D eigenvalue weighted by Gasteiger charge is 2.25. The zero-order valence-electron chi connectivity index (χ0n) is 12.7. The fourth-order valence-electron chi connectivity index (χ4n) is 2.39. The molecule has 7 heteroatoms. The summed E-state index contributed by atoms with van der Waals surface area (Å²) in [5, 5.41) is 4.43. The van der Waals surface area contributed by atoms with Crippen LogP contribution in [0, 0.1) is 6.92 Å². The number of hydrogen-bond donors (Lipinski definition) is 1. The summed E-state index contributed by atoms with van der Waals surface area (Å²) >= 11 is 0. The first-order chi connectivity index (χ1) is 9.42. The molecule has 0 saturated carbocycles. The van der Waals surface area contributed by atoms with Crippen molar-refractivity contribution >= 4 is 23.0 Å². The van der Waals surface area contributed by atoms with Crippen molar-refractivity contribution in [2.75, 3.05) is 19.3 Å². The van der Waals surface area contributed by atoms with Crippen LogP contribution >= 0.6 is 0 Å². The second kappa shape index (κ2) is 5.15. The average molecular weight is 278 g/mol. The molecule has 110 valence electrons. The number of anilines is 1. The van der Waals surface area contributed by atoms with E-state index in [0.29, 0.717) is 19.0 Å². The molecule has 20 heavy (non-hydrogen) atoms. The van der Waals surface area contributed by atoms with Gasteiger partial charge in [0.25, 0.3) is 0 Å². The van der Waals surface area contributed by atoms with Gasteiger partial charge in [-0.15, -0.1) is 0 Å². The Morgan fingerprint density at radius 2 is 2.10 bits per heavy atom. The average Bonchev–Trinajstić information content (AvgIpc) is 2.93. The summed E-state index contributed by atoms with van der Waals surface area (Å²) < 4.78 is 3.61. The van der Waals surface area contributed by atoms with Gasteiger partial charge in [-0.25, -0.2) is 9.67 Å². The largest absolute Gasteiger partial charge is 0.369 e. The van der Waals surface area contributed by atoms with Crippen LogP contribution in [-0.2, 0) is 11.3 Å². The molecular weight excluding hydrogens is 256 g/mol. The van der Waals surface area contributed by atoms with Crippen LogP contribution in [0.15, 0.2) is 0 Å². The van der Waals surface area contributed by atoms with Gasteiger partial charge in [0.15, 0.2) is 5.65 Å². The number of aromatic nitrogens is 4. The predicted octanol–water partition coefficient (Wildman–Crippen LogP) is 1.18. The third-order valence-electron chi connectivity index (χ3n) is 3.67. The molecular formula is C13H22N6O. The van der Waals surface area contributed by atoms with Crippen molar-refractivity contribution in [2.45, 2.75) is 40.3 Å². The van der Waals surface area contributed by atoms with Gasteiger partial charge in [-0.2, -0.15) is 5.10 Å². The van der Waals surface area contributed by atoms with E-state index in [0.717, 1.165) is 16.9 Å². The number of rotatable bonds is 4. The molecule has 0 aliphatic rings. The van der Waals surface area contributed by atoms with Crippen LogP contribution < -0.4 is 5.73 Å². The van der Waals surface area contributed by atoms with Crippen molar-refractivity contribution in [1.29, 1.82) is 0 Å². The lowest BCUT2D eigenvalue weighted by Gasteiger charge is -2.22. The van der Waals surface area contributed by atoms with Crippen molar-refractivity contribution in [3.8, 4) is 0 Å². The van der Waals surface area contributed by atoms with E-state index in [-0.39, 0.29) is 5.91 Å². The monoisotopic (exact) mass is 278 g/mol. The SMILES string of the molecule is CCN(C)C(=O)C(C)n1c(N)nc2c(C)nn(CC)c21.